The number of ether oxygens (including phenoxy) is 1. The maximum Gasteiger partial charge on any atom is 0.337 e. The largest absolute Gasteiger partial charge is 0.465 e. The minimum atomic E-state index is -0.802. The average molecular weight is 326 g/mol. The molecule has 2 amide bonds. The van der Waals surface area contributed by atoms with Crippen LogP contribution in [0.1, 0.15) is 21.5 Å². The van der Waals surface area contributed by atoms with Gasteiger partial charge in [0.1, 0.15) is 0 Å². The van der Waals surface area contributed by atoms with Gasteiger partial charge in [-0.05, 0) is 30.7 Å². The fraction of sp³-hybridized carbons (Fsp3) is 0.167. The van der Waals surface area contributed by atoms with Crippen molar-refractivity contribution in [2.75, 3.05) is 12.4 Å². The third-order valence-corrected chi connectivity index (χ3v) is 3.32. The highest BCUT2D eigenvalue weighted by Gasteiger charge is 2.14. The first kappa shape index (κ1) is 17.2. The molecule has 2 N–H and O–H groups in total. The lowest BCUT2D eigenvalue weighted by atomic mass is 10.1. The predicted molar refractivity (Wildman–Crippen MR) is 89.4 cm³/mol. The summed E-state index contributed by atoms with van der Waals surface area (Å²) in [6, 6.07) is 13.8. The van der Waals surface area contributed by atoms with E-state index in [9.17, 15) is 14.4 Å². The summed E-state index contributed by atoms with van der Waals surface area (Å²) in [6.07, 6.45) is 0. The molecule has 0 aromatic heterocycles. The summed E-state index contributed by atoms with van der Waals surface area (Å²) in [5.74, 6) is -2.07. The van der Waals surface area contributed by atoms with Crippen molar-refractivity contribution in [1.82, 2.24) is 5.32 Å². The number of anilines is 1. The van der Waals surface area contributed by atoms with Crippen molar-refractivity contribution in [1.29, 1.82) is 0 Å². The van der Waals surface area contributed by atoms with E-state index in [0.717, 1.165) is 11.1 Å². The van der Waals surface area contributed by atoms with Crippen molar-refractivity contribution in [2.24, 2.45) is 0 Å². The number of hydrogen-bond acceptors (Lipinski definition) is 4. The molecule has 24 heavy (non-hydrogen) atoms. The van der Waals surface area contributed by atoms with Gasteiger partial charge in [0.15, 0.2) is 0 Å². The van der Waals surface area contributed by atoms with Gasteiger partial charge in [-0.25, -0.2) is 4.79 Å². The van der Waals surface area contributed by atoms with Gasteiger partial charge in [0.05, 0.1) is 12.7 Å². The predicted octanol–water partition coefficient (Wildman–Crippen LogP) is 2.04. The lowest BCUT2D eigenvalue weighted by molar-refractivity contribution is -0.136. The SMILES string of the molecule is COC(=O)c1cccc(NC(=O)C(=O)NCc2ccc(C)cc2)c1. The van der Waals surface area contributed by atoms with Crippen LogP contribution in [0.15, 0.2) is 48.5 Å². The molecule has 0 fully saturated rings. The highest BCUT2D eigenvalue weighted by atomic mass is 16.5. The van der Waals surface area contributed by atoms with Crippen LogP contribution < -0.4 is 10.6 Å². The summed E-state index contributed by atoms with van der Waals surface area (Å²) in [6.45, 7) is 2.23. The van der Waals surface area contributed by atoms with E-state index in [2.05, 4.69) is 15.4 Å². The van der Waals surface area contributed by atoms with E-state index in [1.54, 1.807) is 18.2 Å². The van der Waals surface area contributed by atoms with Gasteiger partial charge in [-0.3, -0.25) is 9.59 Å². The fourth-order valence-corrected chi connectivity index (χ4v) is 2.00. The van der Waals surface area contributed by atoms with E-state index >= 15 is 0 Å². The van der Waals surface area contributed by atoms with Crippen LogP contribution in [0, 0.1) is 6.92 Å². The zero-order valence-electron chi connectivity index (χ0n) is 13.5. The van der Waals surface area contributed by atoms with Crippen molar-refractivity contribution in [3.63, 3.8) is 0 Å². The Bertz CT molecular complexity index is 754. The molecule has 0 unspecified atom stereocenters. The molecule has 0 saturated carbocycles. The van der Waals surface area contributed by atoms with E-state index in [4.69, 9.17) is 0 Å². The number of nitrogens with one attached hydrogen (secondary N) is 2. The number of aryl methyl sites for hydroxylation is 1. The lowest BCUT2D eigenvalue weighted by Gasteiger charge is -2.08. The van der Waals surface area contributed by atoms with Crippen LogP contribution in [0.3, 0.4) is 0 Å². The van der Waals surface area contributed by atoms with Gasteiger partial charge in [-0.2, -0.15) is 0 Å². The third-order valence-electron chi connectivity index (χ3n) is 3.32. The zero-order valence-corrected chi connectivity index (χ0v) is 13.5. The number of carbonyl (C=O) groups is 3. The van der Waals surface area contributed by atoms with E-state index in [0.29, 0.717) is 5.69 Å². The van der Waals surface area contributed by atoms with Gasteiger partial charge >= 0.3 is 17.8 Å². The molecule has 0 aliphatic rings. The summed E-state index contributed by atoms with van der Waals surface area (Å²) in [5, 5.41) is 4.99. The lowest BCUT2D eigenvalue weighted by Crippen LogP contribution is -2.35. The fourth-order valence-electron chi connectivity index (χ4n) is 2.00. The summed E-state index contributed by atoms with van der Waals surface area (Å²) in [7, 11) is 1.27. The van der Waals surface area contributed by atoms with Crippen molar-refractivity contribution in [3.8, 4) is 0 Å². The Kier molecular flexibility index (Phi) is 5.68. The van der Waals surface area contributed by atoms with Crippen LogP contribution in [0.5, 0.6) is 0 Å². The Labute approximate surface area is 139 Å². The summed E-state index contributed by atoms with van der Waals surface area (Å²) >= 11 is 0. The van der Waals surface area contributed by atoms with Crippen molar-refractivity contribution >= 4 is 23.5 Å². The molecule has 0 aliphatic carbocycles. The first-order valence-corrected chi connectivity index (χ1v) is 7.32. The molecular formula is C18H18N2O4. The van der Waals surface area contributed by atoms with Crippen molar-refractivity contribution in [2.45, 2.75) is 13.5 Å². The van der Waals surface area contributed by atoms with E-state index in [-0.39, 0.29) is 12.1 Å². The molecule has 6 nitrogen and oxygen atoms in total. The molecule has 2 aromatic rings. The molecule has 0 atom stereocenters. The normalized spacial score (nSPS) is 9.92. The minimum Gasteiger partial charge on any atom is -0.465 e. The smallest absolute Gasteiger partial charge is 0.337 e. The number of esters is 1. The average Bonchev–Trinajstić information content (AvgIpc) is 2.60. The maximum atomic E-state index is 11.9. The second-order valence-corrected chi connectivity index (χ2v) is 5.19. The first-order chi connectivity index (χ1) is 11.5. The van der Waals surface area contributed by atoms with Crippen LogP contribution in [0.2, 0.25) is 0 Å². The topological polar surface area (TPSA) is 84.5 Å². The molecule has 124 valence electrons. The molecule has 0 saturated heterocycles. The van der Waals surface area contributed by atoms with Crippen molar-refractivity contribution in [3.05, 3.63) is 65.2 Å². The highest BCUT2D eigenvalue weighted by Crippen LogP contribution is 2.11. The molecule has 0 spiro atoms. The van der Waals surface area contributed by atoms with E-state index in [1.807, 2.05) is 31.2 Å². The van der Waals surface area contributed by atoms with Gasteiger partial charge in [0.2, 0.25) is 0 Å². The number of carbonyl (C=O) groups excluding carboxylic acids is 3. The Balaban J connectivity index is 1.93. The van der Waals surface area contributed by atoms with Gasteiger partial charge in [0.25, 0.3) is 0 Å². The Morgan fingerprint density at radius 2 is 1.71 bits per heavy atom. The Hall–Kier alpha value is -3.15. The summed E-state index contributed by atoms with van der Waals surface area (Å²) < 4.78 is 4.61. The number of methoxy groups -OCH3 is 1. The number of benzene rings is 2. The highest BCUT2D eigenvalue weighted by molar-refractivity contribution is 6.39. The molecule has 0 radical (unpaired) electrons. The second kappa shape index (κ2) is 7.92. The second-order valence-electron chi connectivity index (χ2n) is 5.19. The van der Waals surface area contributed by atoms with Gasteiger partial charge in [-0.1, -0.05) is 35.9 Å². The number of hydrogen-bond donors (Lipinski definition) is 2. The minimum absolute atomic E-state index is 0.259. The van der Waals surface area contributed by atoms with Gasteiger partial charge < -0.3 is 15.4 Å². The van der Waals surface area contributed by atoms with Crippen LogP contribution in [-0.2, 0) is 20.9 Å². The van der Waals surface area contributed by atoms with Crippen LogP contribution in [0.25, 0.3) is 0 Å². The van der Waals surface area contributed by atoms with E-state index in [1.165, 1.54) is 13.2 Å². The Morgan fingerprint density at radius 1 is 1.00 bits per heavy atom. The van der Waals surface area contributed by atoms with Crippen LogP contribution in [-0.4, -0.2) is 24.9 Å². The maximum absolute atomic E-state index is 11.9. The molecule has 0 bridgehead atoms. The van der Waals surface area contributed by atoms with Gasteiger partial charge in [0, 0.05) is 12.2 Å². The standard InChI is InChI=1S/C18H18N2O4/c1-12-6-8-13(9-7-12)11-19-16(21)17(22)20-15-5-3-4-14(10-15)18(23)24-2/h3-10H,11H2,1-2H3,(H,19,21)(H,20,22). The number of amides is 2. The summed E-state index contributed by atoms with van der Waals surface area (Å²) in [4.78, 5) is 35.2. The van der Waals surface area contributed by atoms with Gasteiger partial charge in [-0.15, -0.1) is 0 Å². The third kappa shape index (κ3) is 4.67. The van der Waals surface area contributed by atoms with Crippen LogP contribution in [0.4, 0.5) is 5.69 Å². The molecular weight excluding hydrogens is 308 g/mol. The quantitative estimate of drug-likeness (QED) is 0.665. The van der Waals surface area contributed by atoms with E-state index < -0.39 is 17.8 Å². The Morgan fingerprint density at radius 3 is 2.38 bits per heavy atom. The zero-order chi connectivity index (χ0) is 17.5. The molecule has 0 heterocycles. The first-order valence-electron chi connectivity index (χ1n) is 7.32. The molecule has 0 aliphatic heterocycles. The molecule has 2 aromatic carbocycles. The van der Waals surface area contributed by atoms with Crippen LogP contribution >= 0.6 is 0 Å². The summed E-state index contributed by atoms with van der Waals surface area (Å²) in [5.41, 5.74) is 2.64. The molecule has 2 rings (SSSR count). The monoisotopic (exact) mass is 326 g/mol. The van der Waals surface area contributed by atoms with Crippen molar-refractivity contribution < 1.29 is 19.1 Å². The number of rotatable bonds is 4. The molecule has 6 heteroatoms.